The fourth-order valence-electron chi connectivity index (χ4n) is 3.27. The lowest BCUT2D eigenvalue weighted by Crippen LogP contribution is -2.37. The Hall–Kier alpha value is -1.79. The maximum atomic E-state index is 12.7. The highest BCUT2D eigenvalue weighted by molar-refractivity contribution is 6.30. The average molecular weight is 369 g/mol. The summed E-state index contributed by atoms with van der Waals surface area (Å²) >= 11 is 6.03. The van der Waals surface area contributed by atoms with Crippen molar-refractivity contribution in [2.24, 2.45) is 0 Å². The van der Waals surface area contributed by atoms with Gasteiger partial charge < -0.3 is 14.7 Å². The highest BCUT2D eigenvalue weighted by Crippen LogP contribution is 2.24. The van der Waals surface area contributed by atoms with Crippen LogP contribution in [0.4, 0.5) is 0 Å². The number of ether oxygens (including phenoxy) is 1. The molecule has 2 rings (SSSR count). The van der Waals surface area contributed by atoms with Gasteiger partial charge in [0.1, 0.15) is 5.75 Å². The number of hydrogen-bond acceptors (Lipinski definition) is 4. The number of carboxylic acids is 1. The minimum absolute atomic E-state index is 0.0261. The van der Waals surface area contributed by atoms with E-state index >= 15 is 0 Å². The molecule has 1 N–H and O–H groups in total. The van der Waals surface area contributed by atoms with Gasteiger partial charge in [0.15, 0.2) is 0 Å². The standard InChI is InChI=1S/C18H25ClN2O4/c1-20(12-18(23)24)15-4-3-8-21(9-7-15)17(22)11-13-10-14(19)5-6-16(13)25-2/h5-6,10,15H,3-4,7-9,11-12H2,1-2H3,(H,23,24). The van der Waals surface area contributed by atoms with Crippen molar-refractivity contribution in [2.75, 3.05) is 33.8 Å². The van der Waals surface area contributed by atoms with Crippen molar-refractivity contribution < 1.29 is 19.4 Å². The molecule has 1 amide bonds. The molecule has 1 heterocycles. The maximum Gasteiger partial charge on any atom is 0.317 e. The third-order valence-corrected chi connectivity index (χ3v) is 4.88. The molecule has 1 aliphatic heterocycles. The first-order valence-electron chi connectivity index (χ1n) is 8.43. The lowest BCUT2D eigenvalue weighted by molar-refractivity contribution is -0.138. The number of rotatable bonds is 6. The Morgan fingerprint density at radius 3 is 2.80 bits per heavy atom. The largest absolute Gasteiger partial charge is 0.496 e. The van der Waals surface area contributed by atoms with Crippen molar-refractivity contribution in [3.8, 4) is 5.75 Å². The van der Waals surface area contributed by atoms with Crippen LogP contribution < -0.4 is 4.74 Å². The summed E-state index contributed by atoms with van der Waals surface area (Å²) in [6, 6.07) is 5.46. The lowest BCUT2D eigenvalue weighted by Gasteiger charge is -2.25. The van der Waals surface area contributed by atoms with Crippen molar-refractivity contribution in [1.29, 1.82) is 0 Å². The fraction of sp³-hybridized carbons (Fsp3) is 0.556. The first kappa shape index (κ1) is 19.5. The zero-order chi connectivity index (χ0) is 18.4. The third kappa shape index (κ3) is 5.61. The Balaban J connectivity index is 1.97. The second-order valence-electron chi connectivity index (χ2n) is 6.41. The number of nitrogens with zero attached hydrogens (tertiary/aromatic N) is 2. The Bertz CT molecular complexity index is 623. The number of likely N-dealkylation sites (N-methyl/N-ethyl adjacent to an activating group) is 1. The second kappa shape index (κ2) is 9.06. The number of carbonyl (C=O) groups is 2. The minimum Gasteiger partial charge on any atom is -0.496 e. The van der Waals surface area contributed by atoms with Crippen LogP contribution in [0.1, 0.15) is 24.8 Å². The van der Waals surface area contributed by atoms with Gasteiger partial charge in [0.2, 0.25) is 5.91 Å². The number of methoxy groups -OCH3 is 1. The number of carboxylic acid groups (broad SMARTS) is 1. The highest BCUT2D eigenvalue weighted by Gasteiger charge is 2.24. The summed E-state index contributed by atoms with van der Waals surface area (Å²) in [4.78, 5) is 27.3. The molecule has 0 aromatic heterocycles. The summed E-state index contributed by atoms with van der Waals surface area (Å²) in [5, 5.41) is 9.51. The molecule has 1 unspecified atom stereocenters. The molecule has 138 valence electrons. The first-order chi connectivity index (χ1) is 11.9. The molecule has 1 fully saturated rings. The summed E-state index contributed by atoms with van der Waals surface area (Å²) in [7, 11) is 3.40. The van der Waals surface area contributed by atoms with Crippen LogP contribution in [0.25, 0.3) is 0 Å². The number of halogens is 1. The van der Waals surface area contributed by atoms with Crippen LogP contribution in [0.15, 0.2) is 18.2 Å². The fourth-order valence-corrected chi connectivity index (χ4v) is 3.47. The molecule has 7 heteroatoms. The first-order valence-corrected chi connectivity index (χ1v) is 8.80. The molecule has 6 nitrogen and oxygen atoms in total. The number of aliphatic carboxylic acids is 1. The van der Waals surface area contributed by atoms with Gasteiger partial charge in [-0.3, -0.25) is 14.5 Å². The molecule has 0 bridgehead atoms. The molecule has 0 aliphatic carbocycles. The second-order valence-corrected chi connectivity index (χ2v) is 6.84. The minimum atomic E-state index is -0.826. The number of hydrogen-bond donors (Lipinski definition) is 1. The van der Waals surface area contributed by atoms with E-state index in [1.165, 1.54) is 0 Å². The zero-order valence-corrected chi connectivity index (χ0v) is 15.5. The number of benzene rings is 1. The zero-order valence-electron chi connectivity index (χ0n) is 14.7. The predicted octanol–water partition coefficient (Wildman–Crippen LogP) is 2.29. The van der Waals surface area contributed by atoms with Crippen molar-refractivity contribution in [3.63, 3.8) is 0 Å². The Morgan fingerprint density at radius 2 is 2.12 bits per heavy atom. The van der Waals surface area contributed by atoms with E-state index in [1.807, 2.05) is 16.8 Å². The quantitative estimate of drug-likeness (QED) is 0.834. The van der Waals surface area contributed by atoms with E-state index in [1.54, 1.807) is 25.3 Å². The lowest BCUT2D eigenvalue weighted by atomic mass is 10.1. The number of likely N-dealkylation sites (tertiary alicyclic amines) is 1. The SMILES string of the molecule is COc1ccc(Cl)cc1CC(=O)N1CCCC(N(C)CC(=O)O)CC1. The molecular weight excluding hydrogens is 344 g/mol. The van der Waals surface area contributed by atoms with Crippen molar-refractivity contribution in [3.05, 3.63) is 28.8 Å². The van der Waals surface area contributed by atoms with E-state index in [0.717, 1.165) is 24.8 Å². The van der Waals surface area contributed by atoms with Crippen LogP contribution >= 0.6 is 11.6 Å². The Kier molecular flexibility index (Phi) is 7.08. The molecule has 1 aromatic rings. The van der Waals surface area contributed by atoms with E-state index in [9.17, 15) is 9.59 Å². The van der Waals surface area contributed by atoms with Gasteiger partial charge in [-0.2, -0.15) is 0 Å². The van der Waals surface area contributed by atoms with Crippen molar-refractivity contribution in [1.82, 2.24) is 9.80 Å². The van der Waals surface area contributed by atoms with Gasteiger partial charge in [-0.15, -0.1) is 0 Å². The maximum absolute atomic E-state index is 12.7. The topological polar surface area (TPSA) is 70.1 Å². The van der Waals surface area contributed by atoms with Gasteiger partial charge in [0.05, 0.1) is 20.1 Å². The molecule has 1 saturated heterocycles. The predicted molar refractivity (Wildman–Crippen MR) is 96.2 cm³/mol. The molecule has 1 aliphatic rings. The summed E-state index contributed by atoms with van der Waals surface area (Å²) < 4.78 is 5.31. The van der Waals surface area contributed by atoms with Gasteiger partial charge in [-0.25, -0.2) is 0 Å². The third-order valence-electron chi connectivity index (χ3n) is 4.64. The Labute approximate surface area is 153 Å². The van der Waals surface area contributed by atoms with Gasteiger partial charge in [-0.1, -0.05) is 11.6 Å². The summed E-state index contributed by atoms with van der Waals surface area (Å²) in [5.74, 6) is -0.124. The molecular formula is C18H25ClN2O4. The van der Waals surface area contributed by atoms with E-state index in [4.69, 9.17) is 21.4 Å². The molecule has 0 saturated carbocycles. The summed E-state index contributed by atoms with van der Waals surface area (Å²) in [6.07, 6.45) is 2.79. The van der Waals surface area contributed by atoms with E-state index < -0.39 is 5.97 Å². The summed E-state index contributed by atoms with van der Waals surface area (Å²) in [5.41, 5.74) is 0.781. The van der Waals surface area contributed by atoms with E-state index in [-0.39, 0.29) is 24.9 Å². The van der Waals surface area contributed by atoms with E-state index in [2.05, 4.69) is 0 Å². The monoisotopic (exact) mass is 368 g/mol. The molecule has 0 spiro atoms. The van der Waals surface area contributed by atoms with Gasteiger partial charge in [-0.05, 0) is 44.5 Å². The van der Waals surface area contributed by atoms with E-state index in [0.29, 0.717) is 23.9 Å². The normalized spacial score (nSPS) is 18.1. The van der Waals surface area contributed by atoms with Gasteiger partial charge in [0, 0.05) is 29.7 Å². The number of amides is 1. The smallest absolute Gasteiger partial charge is 0.317 e. The van der Waals surface area contributed by atoms with Gasteiger partial charge >= 0.3 is 5.97 Å². The summed E-state index contributed by atoms with van der Waals surface area (Å²) in [6.45, 7) is 1.35. The van der Waals surface area contributed by atoms with Crippen molar-refractivity contribution in [2.45, 2.75) is 31.7 Å². The van der Waals surface area contributed by atoms with Gasteiger partial charge in [0.25, 0.3) is 0 Å². The van der Waals surface area contributed by atoms with Crippen molar-refractivity contribution >= 4 is 23.5 Å². The van der Waals surface area contributed by atoms with Crippen LogP contribution in [0.3, 0.4) is 0 Å². The molecule has 25 heavy (non-hydrogen) atoms. The van der Waals surface area contributed by atoms with Crippen LogP contribution in [0.5, 0.6) is 5.75 Å². The van der Waals surface area contributed by atoms with Crippen LogP contribution in [-0.4, -0.2) is 66.6 Å². The Morgan fingerprint density at radius 1 is 1.36 bits per heavy atom. The van der Waals surface area contributed by atoms with Crippen LogP contribution in [-0.2, 0) is 16.0 Å². The van der Waals surface area contributed by atoms with Crippen LogP contribution in [0.2, 0.25) is 5.02 Å². The highest BCUT2D eigenvalue weighted by atomic mass is 35.5. The average Bonchev–Trinajstić information content (AvgIpc) is 2.80. The number of carbonyl (C=O) groups excluding carboxylic acids is 1. The molecule has 1 aromatic carbocycles. The van der Waals surface area contributed by atoms with Crippen LogP contribution in [0, 0.1) is 0 Å². The molecule has 0 radical (unpaired) electrons. The molecule has 1 atom stereocenters.